The zero-order valence-corrected chi connectivity index (χ0v) is 10.1. The van der Waals surface area contributed by atoms with Crippen LogP contribution in [0.2, 0.25) is 0 Å². The van der Waals surface area contributed by atoms with Crippen LogP contribution in [0.4, 0.5) is 0 Å². The highest BCUT2D eigenvalue weighted by Gasteiger charge is 2.33. The lowest BCUT2D eigenvalue weighted by Gasteiger charge is -2.25. The highest BCUT2D eigenvalue weighted by atomic mass is 16.6. The third-order valence-electron chi connectivity index (χ3n) is 4.01. The molecule has 0 amide bonds. The van der Waals surface area contributed by atoms with E-state index in [1.54, 1.807) is 0 Å². The van der Waals surface area contributed by atoms with E-state index in [4.69, 9.17) is 4.84 Å². The van der Waals surface area contributed by atoms with E-state index in [-0.39, 0.29) is 0 Å². The molecule has 17 heavy (non-hydrogen) atoms. The van der Waals surface area contributed by atoms with Crippen LogP contribution < -0.4 is 0 Å². The van der Waals surface area contributed by atoms with Crippen molar-refractivity contribution in [1.82, 2.24) is 0 Å². The van der Waals surface area contributed by atoms with Gasteiger partial charge in [0.15, 0.2) is 0 Å². The van der Waals surface area contributed by atoms with E-state index in [0.29, 0.717) is 11.8 Å². The Labute approximate surface area is 103 Å². The second-order valence-electron chi connectivity index (χ2n) is 5.16. The predicted molar refractivity (Wildman–Crippen MR) is 69.0 cm³/mol. The van der Waals surface area contributed by atoms with Crippen LogP contribution in [0.1, 0.15) is 31.2 Å². The van der Waals surface area contributed by atoms with Gasteiger partial charge in [-0.2, -0.15) is 0 Å². The number of aryl methyl sites for hydroxylation is 1. The summed E-state index contributed by atoms with van der Waals surface area (Å²) in [5.41, 5.74) is 2.79. The quantitative estimate of drug-likeness (QED) is 0.778. The van der Waals surface area contributed by atoms with Gasteiger partial charge in [-0.1, -0.05) is 41.9 Å². The minimum absolute atomic E-state index is 0.629. The van der Waals surface area contributed by atoms with Crippen LogP contribution in [0.5, 0.6) is 0 Å². The number of benzene rings is 1. The van der Waals surface area contributed by atoms with Crippen LogP contribution >= 0.6 is 0 Å². The molecule has 2 aliphatic rings. The van der Waals surface area contributed by atoms with Gasteiger partial charge in [0.05, 0.1) is 5.71 Å². The molecule has 1 fully saturated rings. The van der Waals surface area contributed by atoms with Gasteiger partial charge in [0, 0.05) is 11.8 Å². The van der Waals surface area contributed by atoms with Crippen molar-refractivity contribution in [3.63, 3.8) is 0 Å². The number of oxime groups is 1. The molecule has 1 heterocycles. The monoisotopic (exact) mass is 229 g/mol. The van der Waals surface area contributed by atoms with Gasteiger partial charge in [0.2, 0.25) is 0 Å². The molecule has 1 aliphatic carbocycles. The summed E-state index contributed by atoms with van der Waals surface area (Å²) in [6.07, 6.45) is 6.30. The highest BCUT2D eigenvalue weighted by molar-refractivity contribution is 5.90. The van der Waals surface area contributed by atoms with Gasteiger partial charge in [0.25, 0.3) is 0 Å². The Hall–Kier alpha value is -1.31. The second-order valence-corrected chi connectivity index (χ2v) is 5.16. The Morgan fingerprint density at radius 2 is 2.06 bits per heavy atom. The van der Waals surface area contributed by atoms with Crippen molar-refractivity contribution < 1.29 is 4.84 Å². The van der Waals surface area contributed by atoms with Crippen LogP contribution in [-0.2, 0) is 11.3 Å². The fourth-order valence-electron chi connectivity index (χ4n) is 3.04. The molecule has 2 nitrogen and oxygen atoms in total. The molecule has 0 unspecified atom stereocenters. The Morgan fingerprint density at radius 3 is 2.94 bits per heavy atom. The summed E-state index contributed by atoms with van der Waals surface area (Å²) >= 11 is 0. The molecule has 1 saturated carbocycles. The summed E-state index contributed by atoms with van der Waals surface area (Å²) in [5, 5.41) is 4.27. The maximum absolute atomic E-state index is 5.26. The van der Waals surface area contributed by atoms with Gasteiger partial charge >= 0.3 is 0 Å². The third kappa shape index (κ3) is 2.36. The first-order valence-corrected chi connectivity index (χ1v) is 6.67. The summed E-state index contributed by atoms with van der Waals surface area (Å²) in [4.78, 5) is 5.26. The van der Waals surface area contributed by atoms with Crippen molar-refractivity contribution in [2.75, 3.05) is 6.61 Å². The SMILES string of the molecule is c1ccc(CC[C@H]2CCC[C@H]3CON=C23)cc1. The van der Waals surface area contributed by atoms with Crippen molar-refractivity contribution in [1.29, 1.82) is 0 Å². The molecule has 0 aromatic heterocycles. The topological polar surface area (TPSA) is 21.6 Å². The van der Waals surface area contributed by atoms with Crippen molar-refractivity contribution in [2.24, 2.45) is 17.0 Å². The van der Waals surface area contributed by atoms with Gasteiger partial charge in [-0.05, 0) is 31.2 Å². The molecule has 0 bridgehead atoms. The highest BCUT2D eigenvalue weighted by Crippen LogP contribution is 2.33. The first-order chi connectivity index (χ1) is 8.43. The molecule has 0 saturated heterocycles. The van der Waals surface area contributed by atoms with Crippen molar-refractivity contribution in [3.8, 4) is 0 Å². The lowest BCUT2D eigenvalue weighted by Crippen LogP contribution is -2.27. The molecule has 2 heteroatoms. The molecule has 0 N–H and O–H groups in total. The van der Waals surface area contributed by atoms with Crippen molar-refractivity contribution >= 4 is 5.71 Å². The molecular weight excluding hydrogens is 210 g/mol. The molecule has 1 aromatic rings. The Bertz CT molecular complexity index is 399. The number of hydrogen-bond acceptors (Lipinski definition) is 2. The third-order valence-corrected chi connectivity index (χ3v) is 4.01. The van der Waals surface area contributed by atoms with E-state index in [0.717, 1.165) is 13.0 Å². The molecule has 2 atom stereocenters. The lowest BCUT2D eigenvalue weighted by atomic mass is 9.78. The Morgan fingerprint density at radius 1 is 1.18 bits per heavy atom. The van der Waals surface area contributed by atoms with Crippen LogP contribution in [0, 0.1) is 11.8 Å². The summed E-state index contributed by atoms with van der Waals surface area (Å²) in [6.45, 7) is 0.831. The molecule has 0 radical (unpaired) electrons. The number of nitrogens with zero attached hydrogens (tertiary/aromatic N) is 1. The van der Waals surface area contributed by atoms with Gasteiger partial charge in [-0.25, -0.2) is 0 Å². The minimum atomic E-state index is 0.629. The summed E-state index contributed by atoms with van der Waals surface area (Å²) in [5.74, 6) is 1.29. The zero-order valence-electron chi connectivity index (χ0n) is 10.1. The molecule has 90 valence electrons. The minimum Gasteiger partial charge on any atom is -0.395 e. The average Bonchev–Trinajstić information content (AvgIpc) is 2.86. The van der Waals surface area contributed by atoms with Crippen LogP contribution in [0.25, 0.3) is 0 Å². The summed E-state index contributed by atoms with van der Waals surface area (Å²) in [6, 6.07) is 10.7. The zero-order chi connectivity index (χ0) is 11.5. The average molecular weight is 229 g/mol. The van der Waals surface area contributed by atoms with E-state index in [2.05, 4.69) is 35.5 Å². The largest absolute Gasteiger partial charge is 0.395 e. The Kier molecular flexibility index (Phi) is 3.12. The summed E-state index contributed by atoms with van der Waals surface area (Å²) in [7, 11) is 0. The number of hydrogen-bond donors (Lipinski definition) is 0. The van der Waals surface area contributed by atoms with Crippen molar-refractivity contribution in [3.05, 3.63) is 35.9 Å². The smallest absolute Gasteiger partial charge is 0.125 e. The summed E-state index contributed by atoms with van der Waals surface area (Å²) < 4.78 is 0. The van der Waals surface area contributed by atoms with Gasteiger partial charge in [-0.3, -0.25) is 0 Å². The predicted octanol–water partition coefficient (Wildman–Crippen LogP) is 3.42. The first-order valence-electron chi connectivity index (χ1n) is 6.67. The fraction of sp³-hybridized carbons (Fsp3) is 0.533. The molecular formula is C15H19NO. The van der Waals surface area contributed by atoms with E-state index >= 15 is 0 Å². The van der Waals surface area contributed by atoms with Gasteiger partial charge in [0.1, 0.15) is 6.61 Å². The van der Waals surface area contributed by atoms with Crippen LogP contribution in [-0.4, -0.2) is 12.3 Å². The maximum Gasteiger partial charge on any atom is 0.125 e. The normalized spacial score (nSPS) is 27.2. The lowest BCUT2D eigenvalue weighted by molar-refractivity contribution is 0.152. The van der Waals surface area contributed by atoms with E-state index in [1.807, 2.05) is 0 Å². The van der Waals surface area contributed by atoms with Gasteiger partial charge < -0.3 is 4.84 Å². The number of fused-ring (bicyclic) bond motifs is 1. The van der Waals surface area contributed by atoms with E-state index in [9.17, 15) is 0 Å². The van der Waals surface area contributed by atoms with E-state index < -0.39 is 0 Å². The Balaban J connectivity index is 1.61. The molecule has 1 aromatic carbocycles. The van der Waals surface area contributed by atoms with Crippen molar-refractivity contribution in [2.45, 2.75) is 32.1 Å². The molecule has 0 spiro atoms. The van der Waals surface area contributed by atoms with E-state index in [1.165, 1.54) is 37.0 Å². The molecule has 1 aliphatic heterocycles. The number of rotatable bonds is 3. The first kappa shape index (κ1) is 10.8. The standard InChI is InChI=1S/C15H19NO/c1-2-5-12(6-3-1)9-10-13-7-4-8-14-11-17-16-15(13)14/h1-3,5-6,13-14H,4,7-11H2/t13-,14+/m1/s1. The van der Waals surface area contributed by atoms with Gasteiger partial charge in [-0.15, -0.1) is 0 Å². The second kappa shape index (κ2) is 4.91. The molecule has 3 rings (SSSR count). The maximum atomic E-state index is 5.26. The van der Waals surface area contributed by atoms with Crippen LogP contribution in [0.3, 0.4) is 0 Å². The van der Waals surface area contributed by atoms with Crippen LogP contribution in [0.15, 0.2) is 35.5 Å². The fourth-order valence-corrected chi connectivity index (χ4v) is 3.04.